The van der Waals surface area contributed by atoms with Crippen molar-refractivity contribution in [2.24, 2.45) is 14.1 Å². The number of esters is 1. The first kappa shape index (κ1) is 26.9. The lowest BCUT2D eigenvalue weighted by atomic mass is 10.0. The number of para-hydroxylation sites is 1. The van der Waals surface area contributed by atoms with Gasteiger partial charge in [-0.1, -0.05) is 18.2 Å². The lowest BCUT2D eigenvalue weighted by Crippen LogP contribution is -2.38. The summed E-state index contributed by atoms with van der Waals surface area (Å²) in [6.45, 7) is -0.654. The van der Waals surface area contributed by atoms with E-state index in [4.69, 9.17) is 18.9 Å². The van der Waals surface area contributed by atoms with Crippen LogP contribution in [0.25, 0.3) is 22.2 Å². The van der Waals surface area contributed by atoms with Crippen LogP contribution in [0, 0.1) is 0 Å². The summed E-state index contributed by atoms with van der Waals surface area (Å²) < 4.78 is 23.6. The van der Waals surface area contributed by atoms with Gasteiger partial charge in [0.05, 0.1) is 38.1 Å². The molecular formula is C27H26N4O8. The van der Waals surface area contributed by atoms with E-state index < -0.39 is 29.7 Å². The van der Waals surface area contributed by atoms with E-state index in [9.17, 15) is 19.2 Å². The van der Waals surface area contributed by atoms with E-state index in [1.807, 2.05) is 0 Å². The highest BCUT2D eigenvalue weighted by Crippen LogP contribution is 2.41. The number of pyridine rings is 1. The van der Waals surface area contributed by atoms with Crippen LogP contribution in [0.4, 0.5) is 5.82 Å². The SMILES string of the molecule is COc1cc(-c2cc(C(=O)OCC(=O)Nc3cc(=O)n(C)c(=O)n3C)c3ccccc3n2)cc(OC)c1OC. The molecule has 0 radical (unpaired) electrons. The fourth-order valence-corrected chi connectivity index (χ4v) is 3.96. The highest BCUT2D eigenvalue weighted by molar-refractivity contribution is 6.05. The van der Waals surface area contributed by atoms with Gasteiger partial charge in [0.1, 0.15) is 5.82 Å². The highest BCUT2D eigenvalue weighted by Gasteiger charge is 2.20. The maximum Gasteiger partial charge on any atom is 0.339 e. The number of carbonyl (C=O) groups excluding carboxylic acids is 2. The molecule has 0 unspecified atom stereocenters. The van der Waals surface area contributed by atoms with Crippen molar-refractivity contribution in [1.29, 1.82) is 0 Å². The zero-order chi connectivity index (χ0) is 28.3. The maximum absolute atomic E-state index is 13.2. The van der Waals surface area contributed by atoms with Crippen LogP contribution in [-0.2, 0) is 23.6 Å². The largest absolute Gasteiger partial charge is 0.493 e. The van der Waals surface area contributed by atoms with Gasteiger partial charge in [0, 0.05) is 31.1 Å². The summed E-state index contributed by atoms with van der Waals surface area (Å²) in [6.07, 6.45) is 0. The molecule has 12 nitrogen and oxygen atoms in total. The smallest absolute Gasteiger partial charge is 0.339 e. The summed E-state index contributed by atoms with van der Waals surface area (Å²) in [4.78, 5) is 54.3. The van der Waals surface area contributed by atoms with Gasteiger partial charge in [-0.2, -0.15) is 0 Å². The van der Waals surface area contributed by atoms with Crippen LogP contribution in [0.2, 0.25) is 0 Å². The molecule has 202 valence electrons. The van der Waals surface area contributed by atoms with Crippen molar-refractivity contribution in [1.82, 2.24) is 14.1 Å². The Morgan fingerprint density at radius 2 is 1.56 bits per heavy atom. The van der Waals surface area contributed by atoms with Crippen LogP contribution >= 0.6 is 0 Å². The van der Waals surface area contributed by atoms with Crippen LogP contribution in [-0.4, -0.2) is 53.9 Å². The number of ether oxygens (including phenoxy) is 4. The molecule has 0 fully saturated rings. The van der Waals surface area contributed by atoms with Crippen molar-refractivity contribution in [3.63, 3.8) is 0 Å². The van der Waals surface area contributed by atoms with Gasteiger partial charge in [0.15, 0.2) is 18.1 Å². The van der Waals surface area contributed by atoms with Gasteiger partial charge < -0.3 is 24.3 Å². The monoisotopic (exact) mass is 534 g/mol. The molecular weight excluding hydrogens is 508 g/mol. The average molecular weight is 535 g/mol. The molecule has 0 bridgehead atoms. The first-order valence-electron chi connectivity index (χ1n) is 11.6. The third-order valence-corrected chi connectivity index (χ3v) is 6.02. The number of nitrogens with one attached hydrogen (secondary N) is 1. The van der Waals surface area contributed by atoms with Gasteiger partial charge in [-0.05, 0) is 24.3 Å². The zero-order valence-electron chi connectivity index (χ0n) is 21.9. The first-order chi connectivity index (χ1) is 18.7. The molecule has 39 heavy (non-hydrogen) atoms. The molecule has 1 amide bonds. The number of aromatic nitrogens is 3. The molecule has 0 saturated heterocycles. The van der Waals surface area contributed by atoms with E-state index in [2.05, 4.69) is 10.3 Å². The quantitative estimate of drug-likeness (QED) is 0.337. The maximum atomic E-state index is 13.2. The molecule has 2 aromatic heterocycles. The summed E-state index contributed by atoms with van der Waals surface area (Å²) >= 11 is 0. The Morgan fingerprint density at radius 3 is 2.21 bits per heavy atom. The predicted molar refractivity (Wildman–Crippen MR) is 143 cm³/mol. The van der Waals surface area contributed by atoms with Crippen LogP contribution < -0.4 is 30.8 Å². The van der Waals surface area contributed by atoms with Crippen LogP contribution in [0.5, 0.6) is 17.2 Å². The van der Waals surface area contributed by atoms with Crippen molar-refractivity contribution in [3.8, 4) is 28.5 Å². The number of nitrogens with zero attached hydrogens (tertiary/aromatic N) is 3. The van der Waals surface area contributed by atoms with Gasteiger partial charge in [0.2, 0.25) is 5.75 Å². The molecule has 4 rings (SSSR count). The minimum atomic E-state index is -0.768. The molecule has 0 atom stereocenters. The number of rotatable bonds is 8. The Morgan fingerprint density at radius 1 is 0.897 bits per heavy atom. The molecule has 0 aliphatic rings. The second-order valence-corrected chi connectivity index (χ2v) is 8.38. The molecule has 2 heterocycles. The second-order valence-electron chi connectivity index (χ2n) is 8.38. The molecule has 0 aliphatic heterocycles. The number of methoxy groups -OCH3 is 3. The normalized spacial score (nSPS) is 10.7. The van der Waals surface area contributed by atoms with Crippen molar-refractivity contribution in [3.05, 3.63) is 74.9 Å². The number of carbonyl (C=O) groups is 2. The second kappa shape index (κ2) is 11.1. The standard InChI is InChI=1S/C27H26N4O8/c1-30-22(13-24(33)31(2)27(30)35)29-23(32)14-39-26(34)17-12-19(28-18-9-7-6-8-16(17)18)15-10-20(36-3)25(38-5)21(11-15)37-4/h6-13H,14H2,1-5H3,(H,29,32). The zero-order valence-corrected chi connectivity index (χ0v) is 21.9. The Hall–Kier alpha value is -5.13. The number of anilines is 1. The first-order valence-corrected chi connectivity index (χ1v) is 11.6. The predicted octanol–water partition coefficient (Wildman–Crippen LogP) is 2.12. The summed E-state index contributed by atoms with van der Waals surface area (Å²) in [5.41, 5.74) is 0.520. The Balaban J connectivity index is 1.65. The van der Waals surface area contributed by atoms with E-state index in [1.165, 1.54) is 35.4 Å². The van der Waals surface area contributed by atoms with Gasteiger partial charge in [-0.15, -0.1) is 0 Å². The fraction of sp³-hybridized carbons (Fsp3) is 0.222. The van der Waals surface area contributed by atoms with E-state index >= 15 is 0 Å². The summed E-state index contributed by atoms with van der Waals surface area (Å²) in [5, 5.41) is 2.94. The number of hydrogen-bond donors (Lipinski definition) is 1. The Labute approximate surface area is 222 Å². The molecule has 1 N–H and O–H groups in total. The molecule has 0 saturated carbocycles. The fourth-order valence-electron chi connectivity index (χ4n) is 3.96. The molecule has 0 aliphatic carbocycles. The third kappa shape index (κ3) is 5.30. The van der Waals surface area contributed by atoms with Gasteiger partial charge in [-0.3, -0.25) is 18.7 Å². The summed E-state index contributed by atoms with van der Waals surface area (Å²) in [7, 11) is 7.21. The molecule has 4 aromatic rings. The number of amides is 1. The topological polar surface area (TPSA) is 140 Å². The van der Waals surface area contributed by atoms with E-state index in [1.54, 1.807) is 42.5 Å². The van der Waals surface area contributed by atoms with Crippen molar-refractivity contribution in [2.75, 3.05) is 33.3 Å². The van der Waals surface area contributed by atoms with E-state index in [0.29, 0.717) is 39.4 Å². The highest BCUT2D eigenvalue weighted by atomic mass is 16.5. The average Bonchev–Trinajstić information content (AvgIpc) is 2.95. The van der Waals surface area contributed by atoms with Crippen LogP contribution in [0.1, 0.15) is 10.4 Å². The molecule has 12 heteroatoms. The number of hydrogen-bond acceptors (Lipinski definition) is 9. The third-order valence-electron chi connectivity index (χ3n) is 6.02. The molecule has 0 spiro atoms. The van der Waals surface area contributed by atoms with Crippen LogP contribution in [0.15, 0.2) is 58.1 Å². The molecule has 2 aromatic carbocycles. The Kier molecular flexibility index (Phi) is 7.65. The lowest BCUT2D eigenvalue weighted by molar-refractivity contribution is -0.119. The van der Waals surface area contributed by atoms with Gasteiger partial charge in [0.25, 0.3) is 11.5 Å². The number of fused-ring (bicyclic) bond motifs is 1. The van der Waals surface area contributed by atoms with E-state index in [-0.39, 0.29) is 11.4 Å². The Bertz CT molecular complexity index is 1680. The van der Waals surface area contributed by atoms with Crippen molar-refractivity contribution < 1.29 is 28.5 Å². The number of benzene rings is 2. The minimum absolute atomic E-state index is 0.0248. The van der Waals surface area contributed by atoms with Crippen LogP contribution in [0.3, 0.4) is 0 Å². The lowest BCUT2D eigenvalue weighted by Gasteiger charge is -2.15. The summed E-state index contributed by atoms with van der Waals surface area (Å²) in [6, 6.07) is 13.1. The van der Waals surface area contributed by atoms with E-state index in [0.717, 1.165) is 15.2 Å². The van der Waals surface area contributed by atoms with Crippen molar-refractivity contribution in [2.45, 2.75) is 0 Å². The van der Waals surface area contributed by atoms with Gasteiger partial charge in [-0.25, -0.2) is 14.6 Å². The summed E-state index contributed by atoms with van der Waals surface area (Å²) in [5.74, 6) is -0.294. The van der Waals surface area contributed by atoms with Crippen molar-refractivity contribution >= 4 is 28.6 Å². The van der Waals surface area contributed by atoms with Gasteiger partial charge >= 0.3 is 11.7 Å². The minimum Gasteiger partial charge on any atom is -0.493 e.